The highest BCUT2D eigenvalue weighted by Crippen LogP contribution is 2.23. The van der Waals surface area contributed by atoms with Gasteiger partial charge < -0.3 is 10.8 Å². The Kier molecular flexibility index (Phi) is 4.89. The summed E-state index contributed by atoms with van der Waals surface area (Å²) in [6, 6.07) is 4.90. The number of nitrogens with zero attached hydrogens (tertiary/aromatic N) is 3. The lowest BCUT2D eigenvalue weighted by atomic mass is 10.1. The Morgan fingerprint density at radius 3 is 2.45 bits per heavy atom. The van der Waals surface area contributed by atoms with Crippen LogP contribution in [-0.4, -0.2) is 59.2 Å². The van der Waals surface area contributed by atoms with Gasteiger partial charge in [-0.15, -0.1) is 0 Å². The second-order valence-electron chi connectivity index (χ2n) is 4.99. The minimum Gasteiger partial charge on any atom is -0.395 e. The third-order valence-electron chi connectivity index (χ3n) is 3.58. The quantitative estimate of drug-likeness (QED) is 0.457. The van der Waals surface area contributed by atoms with Gasteiger partial charge in [-0.3, -0.25) is 19.9 Å². The summed E-state index contributed by atoms with van der Waals surface area (Å²) in [6.45, 7) is 5.38. The highest BCUT2D eigenvalue weighted by molar-refractivity contribution is 5.59. The maximum absolute atomic E-state index is 10.7. The van der Waals surface area contributed by atoms with E-state index in [1.165, 1.54) is 6.07 Å². The van der Waals surface area contributed by atoms with Crippen LogP contribution >= 0.6 is 0 Å². The van der Waals surface area contributed by atoms with Crippen LogP contribution in [-0.2, 0) is 6.54 Å². The molecular weight excluding hydrogens is 260 g/mol. The van der Waals surface area contributed by atoms with Crippen molar-refractivity contribution in [1.29, 1.82) is 0 Å². The molecule has 1 aromatic rings. The number of benzene rings is 1. The number of nitro groups is 1. The first kappa shape index (κ1) is 14.7. The van der Waals surface area contributed by atoms with E-state index in [1.807, 2.05) is 0 Å². The molecule has 2 rings (SSSR count). The van der Waals surface area contributed by atoms with Crippen LogP contribution in [0.25, 0.3) is 0 Å². The van der Waals surface area contributed by atoms with Gasteiger partial charge in [0.2, 0.25) is 0 Å². The summed E-state index contributed by atoms with van der Waals surface area (Å²) in [4.78, 5) is 14.8. The number of hydrogen-bond acceptors (Lipinski definition) is 6. The Morgan fingerprint density at radius 1 is 1.25 bits per heavy atom. The highest BCUT2D eigenvalue weighted by Gasteiger charge is 2.17. The molecule has 0 saturated carbocycles. The van der Waals surface area contributed by atoms with E-state index in [0.29, 0.717) is 0 Å². The summed E-state index contributed by atoms with van der Waals surface area (Å²) in [6.07, 6.45) is 0. The average molecular weight is 280 g/mol. The molecule has 7 nitrogen and oxygen atoms in total. The van der Waals surface area contributed by atoms with Crippen LogP contribution in [0.4, 0.5) is 11.4 Å². The van der Waals surface area contributed by atoms with E-state index in [2.05, 4.69) is 9.80 Å². The molecule has 110 valence electrons. The second-order valence-corrected chi connectivity index (χ2v) is 4.99. The molecule has 20 heavy (non-hydrogen) atoms. The van der Waals surface area contributed by atoms with Gasteiger partial charge in [-0.1, -0.05) is 6.07 Å². The van der Waals surface area contributed by atoms with Crippen molar-refractivity contribution in [3.05, 3.63) is 33.9 Å². The number of nitrogen functional groups attached to an aromatic ring is 1. The molecule has 0 bridgehead atoms. The minimum atomic E-state index is -0.466. The Labute approximate surface area is 117 Å². The first-order valence-corrected chi connectivity index (χ1v) is 6.68. The Balaban J connectivity index is 1.91. The fraction of sp³-hybridized carbons (Fsp3) is 0.538. The Morgan fingerprint density at radius 2 is 1.90 bits per heavy atom. The number of aliphatic hydroxyl groups is 1. The Bertz CT molecular complexity index is 473. The molecule has 7 heteroatoms. The van der Waals surface area contributed by atoms with Crippen molar-refractivity contribution < 1.29 is 10.0 Å². The van der Waals surface area contributed by atoms with Crippen LogP contribution in [0.15, 0.2) is 18.2 Å². The molecule has 0 aliphatic carbocycles. The molecule has 1 fully saturated rings. The average Bonchev–Trinajstić information content (AvgIpc) is 2.41. The second kappa shape index (κ2) is 6.65. The van der Waals surface area contributed by atoms with Gasteiger partial charge in [0.1, 0.15) is 5.69 Å². The van der Waals surface area contributed by atoms with Gasteiger partial charge in [-0.25, -0.2) is 0 Å². The molecule has 1 aliphatic heterocycles. The van der Waals surface area contributed by atoms with Crippen molar-refractivity contribution in [1.82, 2.24) is 9.80 Å². The molecule has 0 spiro atoms. The molecule has 3 N–H and O–H groups in total. The normalized spacial score (nSPS) is 17.2. The number of piperazine rings is 1. The smallest absolute Gasteiger partial charge is 0.292 e. The van der Waals surface area contributed by atoms with Gasteiger partial charge in [0.05, 0.1) is 11.5 Å². The molecule has 0 radical (unpaired) electrons. The van der Waals surface area contributed by atoms with Crippen molar-refractivity contribution in [2.24, 2.45) is 0 Å². The number of anilines is 1. The Hall–Kier alpha value is -1.70. The number of rotatable bonds is 5. The predicted molar refractivity (Wildman–Crippen MR) is 76.3 cm³/mol. The zero-order valence-electron chi connectivity index (χ0n) is 11.4. The van der Waals surface area contributed by atoms with E-state index in [9.17, 15) is 10.1 Å². The molecule has 1 aromatic carbocycles. The fourth-order valence-corrected chi connectivity index (χ4v) is 2.44. The lowest BCUT2D eigenvalue weighted by Gasteiger charge is -2.34. The standard InChI is InChI=1S/C13H20N4O3/c14-12-9-11(1-2-13(12)17(19)20)10-16-5-3-15(4-6-16)7-8-18/h1-2,9,18H,3-8,10,14H2. The molecular formula is C13H20N4O3. The van der Waals surface area contributed by atoms with E-state index in [0.717, 1.165) is 44.8 Å². The summed E-state index contributed by atoms with van der Waals surface area (Å²) in [5, 5.41) is 19.6. The molecule has 1 saturated heterocycles. The summed E-state index contributed by atoms with van der Waals surface area (Å²) in [5.41, 5.74) is 6.86. The summed E-state index contributed by atoms with van der Waals surface area (Å²) in [5.74, 6) is 0. The predicted octanol–water partition coefficient (Wildman–Crippen LogP) is 0.287. The lowest BCUT2D eigenvalue weighted by Crippen LogP contribution is -2.46. The van der Waals surface area contributed by atoms with Crippen LogP contribution in [0, 0.1) is 10.1 Å². The van der Waals surface area contributed by atoms with Gasteiger partial charge in [0.25, 0.3) is 5.69 Å². The van der Waals surface area contributed by atoms with Crippen molar-refractivity contribution in [3.63, 3.8) is 0 Å². The SMILES string of the molecule is Nc1cc(CN2CCN(CCO)CC2)ccc1[N+](=O)[O-]. The van der Waals surface area contributed by atoms with E-state index in [1.54, 1.807) is 12.1 Å². The largest absolute Gasteiger partial charge is 0.395 e. The van der Waals surface area contributed by atoms with E-state index >= 15 is 0 Å². The number of nitrogens with two attached hydrogens (primary N) is 1. The maximum Gasteiger partial charge on any atom is 0.292 e. The first-order valence-electron chi connectivity index (χ1n) is 6.68. The van der Waals surface area contributed by atoms with Crippen LogP contribution in [0.5, 0.6) is 0 Å². The van der Waals surface area contributed by atoms with Gasteiger partial charge >= 0.3 is 0 Å². The molecule has 0 atom stereocenters. The van der Waals surface area contributed by atoms with Crippen molar-refractivity contribution in [2.45, 2.75) is 6.54 Å². The zero-order chi connectivity index (χ0) is 14.5. The first-order chi connectivity index (χ1) is 9.60. The van der Waals surface area contributed by atoms with Crippen molar-refractivity contribution in [2.75, 3.05) is 45.1 Å². The summed E-state index contributed by atoms with van der Waals surface area (Å²) < 4.78 is 0. The van der Waals surface area contributed by atoms with E-state index in [4.69, 9.17) is 10.8 Å². The van der Waals surface area contributed by atoms with Gasteiger partial charge in [0, 0.05) is 45.3 Å². The zero-order valence-corrected chi connectivity index (χ0v) is 11.4. The van der Waals surface area contributed by atoms with Gasteiger partial charge in [-0.2, -0.15) is 0 Å². The molecule has 0 aromatic heterocycles. The maximum atomic E-state index is 10.7. The molecule has 0 unspecified atom stereocenters. The molecule has 0 amide bonds. The number of nitro benzene ring substituents is 1. The van der Waals surface area contributed by atoms with Crippen LogP contribution in [0.3, 0.4) is 0 Å². The third kappa shape index (κ3) is 3.66. The third-order valence-corrected chi connectivity index (χ3v) is 3.58. The van der Waals surface area contributed by atoms with Crippen LogP contribution < -0.4 is 5.73 Å². The number of β-amino-alcohol motifs (C(OH)–C–C–N with tert-alkyl or cyclic N) is 1. The van der Waals surface area contributed by atoms with Crippen LogP contribution in [0.2, 0.25) is 0 Å². The van der Waals surface area contributed by atoms with Crippen LogP contribution in [0.1, 0.15) is 5.56 Å². The van der Waals surface area contributed by atoms with E-state index < -0.39 is 4.92 Å². The molecule has 1 heterocycles. The fourth-order valence-electron chi connectivity index (χ4n) is 2.44. The van der Waals surface area contributed by atoms with Crippen molar-refractivity contribution in [3.8, 4) is 0 Å². The van der Waals surface area contributed by atoms with Gasteiger partial charge in [-0.05, 0) is 11.6 Å². The summed E-state index contributed by atoms with van der Waals surface area (Å²) in [7, 11) is 0. The van der Waals surface area contributed by atoms with Crippen molar-refractivity contribution >= 4 is 11.4 Å². The monoisotopic (exact) mass is 280 g/mol. The topological polar surface area (TPSA) is 95.9 Å². The van der Waals surface area contributed by atoms with Gasteiger partial charge in [0.15, 0.2) is 0 Å². The number of hydrogen-bond donors (Lipinski definition) is 2. The highest BCUT2D eigenvalue weighted by atomic mass is 16.6. The summed E-state index contributed by atoms with van der Waals surface area (Å²) >= 11 is 0. The lowest BCUT2D eigenvalue weighted by molar-refractivity contribution is -0.383. The molecule has 1 aliphatic rings. The number of aliphatic hydroxyl groups excluding tert-OH is 1. The van der Waals surface area contributed by atoms with E-state index in [-0.39, 0.29) is 18.0 Å². The minimum absolute atomic E-state index is 0.0403.